The Morgan fingerprint density at radius 2 is 1.76 bits per heavy atom. The van der Waals surface area contributed by atoms with E-state index >= 15 is 0 Å². The number of nitrogens with zero attached hydrogens (tertiary/aromatic N) is 3. The van der Waals surface area contributed by atoms with Gasteiger partial charge in [-0.15, -0.1) is 0 Å². The molecule has 150 valence electrons. The van der Waals surface area contributed by atoms with Crippen molar-refractivity contribution in [3.63, 3.8) is 0 Å². The Morgan fingerprint density at radius 1 is 1.07 bits per heavy atom. The highest BCUT2D eigenvalue weighted by molar-refractivity contribution is 5.95. The molecule has 0 aliphatic carbocycles. The first-order valence-electron chi connectivity index (χ1n) is 9.34. The molecule has 29 heavy (non-hydrogen) atoms. The van der Waals surface area contributed by atoms with Gasteiger partial charge in [-0.3, -0.25) is 14.4 Å². The summed E-state index contributed by atoms with van der Waals surface area (Å²) in [5.41, 5.74) is 3.04. The van der Waals surface area contributed by atoms with E-state index in [1.165, 1.54) is 11.9 Å². The normalized spacial score (nSPS) is 10.8. The molecule has 2 aromatic carbocycles. The van der Waals surface area contributed by atoms with E-state index in [9.17, 15) is 14.4 Å². The number of amides is 2. The Kier molecular flexibility index (Phi) is 5.77. The van der Waals surface area contributed by atoms with E-state index in [-0.39, 0.29) is 30.5 Å². The van der Waals surface area contributed by atoms with Crippen LogP contribution < -0.4 is 10.9 Å². The molecule has 0 saturated carbocycles. The Hall–Kier alpha value is -3.48. The molecule has 3 aromatic rings. The van der Waals surface area contributed by atoms with E-state index in [0.29, 0.717) is 11.1 Å². The summed E-state index contributed by atoms with van der Waals surface area (Å²) in [4.78, 5) is 38.8. The molecule has 0 atom stereocenters. The second-order valence-electron chi connectivity index (χ2n) is 7.21. The maximum atomic E-state index is 12.6. The minimum absolute atomic E-state index is 0.118. The number of hydrogen-bond acceptors (Lipinski definition) is 4. The van der Waals surface area contributed by atoms with Gasteiger partial charge in [0.15, 0.2) is 0 Å². The third-order valence-electron chi connectivity index (χ3n) is 4.81. The highest BCUT2D eigenvalue weighted by Gasteiger charge is 2.17. The minimum atomic E-state index is -0.370. The van der Waals surface area contributed by atoms with E-state index in [4.69, 9.17) is 0 Å². The Balaban J connectivity index is 1.70. The molecule has 0 aliphatic rings. The van der Waals surface area contributed by atoms with Crippen LogP contribution in [-0.4, -0.2) is 40.1 Å². The molecular formula is C22H24N4O3. The molecule has 0 spiro atoms. The van der Waals surface area contributed by atoms with Gasteiger partial charge in [0, 0.05) is 18.1 Å². The summed E-state index contributed by atoms with van der Waals surface area (Å²) in [7, 11) is 1.53. The van der Waals surface area contributed by atoms with Crippen molar-refractivity contribution in [2.45, 2.75) is 27.3 Å². The Bertz CT molecular complexity index is 1150. The largest absolute Gasteiger partial charge is 0.335 e. The number of benzene rings is 2. The van der Waals surface area contributed by atoms with Gasteiger partial charge < -0.3 is 10.2 Å². The number of rotatable bonds is 5. The van der Waals surface area contributed by atoms with Gasteiger partial charge in [-0.25, -0.2) is 4.68 Å². The summed E-state index contributed by atoms with van der Waals surface area (Å²) < 4.78 is 1.15. The third kappa shape index (κ3) is 4.51. The second kappa shape index (κ2) is 8.26. The van der Waals surface area contributed by atoms with Gasteiger partial charge in [0.1, 0.15) is 6.54 Å². The average Bonchev–Trinajstić information content (AvgIpc) is 2.68. The van der Waals surface area contributed by atoms with Crippen molar-refractivity contribution in [2.24, 2.45) is 0 Å². The summed E-state index contributed by atoms with van der Waals surface area (Å²) in [5.74, 6) is -0.671. The standard InChI is InChI=1S/C22H24N4O3/c1-14-9-10-15(2)19(11-14)23-20(27)12-25(4)21(28)13-26-22(29)18-8-6-5-7-17(18)16(3)24-26/h5-11H,12-13H2,1-4H3,(H,23,27). The van der Waals surface area contributed by atoms with Crippen molar-refractivity contribution in [2.75, 3.05) is 18.9 Å². The molecule has 2 amide bonds. The molecule has 1 aromatic heterocycles. The number of aromatic nitrogens is 2. The molecular weight excluding hydrogens is 368 g/mol. The lowest BCUT2D eigenvalue weighted by atomic mass is 10.1. The van der Waals surface area contributed by atoms with Crippen molar-refractivity contribution in [1.29, 1.82) is 0 Å². The first-order valence-corrected chi connectivity index (χ1v) is 9.34. The minimum Gasteiger partial charge on any atom is -0.335 e. The number of likely N-dealkylation sites (N-methyl/N-ethyl adjacent to an activating group) is 1. The molecule has 0 unspecified atom stereocenters. The number of hydrogen-bond donors (Lipinski definition) is 1. The predicted octanol–water partition coefficient (Wildman–Crippen LogP) is 2.42. The molecule has 1 heterocycles. The summed E-state index contributed by atoms with van der Waals surface area (Å²) in [5, 5.41) is 8.36. The van der Waals surface area contributed by atoms with E-state index < -0.39 is 0 Å². The van der Waals surface area contributed by atoms with Crippen LogP contribution in [0.15, 0.2) is 47.3 Å². The van der Waals surface area contributed by atoms with Crippen LogP contribution in [0.5, 0.6) is 0 Å². The second-order valence-corrected chi connectivity index (χ2v) is 7.21. The number of anilines is 1. The van der Waals surface area contributed by atoms with Crippen LogP contribution >= 0.6 is 0 Å². The van der Waals surface area contributed by atoms with Gasteiger partial charge in [-0.05, 0) is 44.0 Å². The Morgan fingerprint density at radius 3 is 2.48 bits per heavy atom. The first kappa shape index (κ1) is 20.3. The number of fused-ring (bicyclic) bond motifs is 1. The van der Waals surface area contributed by atoms with Crippen LogP contribution in [0.1, 0.15) is 16.8 Å². The summed E-state index contributed by atoms with van der Waals surface area (Å²) in [6, 6.07) is 12.9. The van der Waals surface area contributed by atoms with Crippen LogP contribution in [0.2, 0.25) is 0 Å². The maximum absolute atomic E-state index is 12.6. The van der Waals surface area contributed by atoms with Gasteiger partial charge in [0.2, 0.25) is 11.8 Å². The highest BCUT2D eigenvalue weighted by atomic mass is 16.2. The third-order valence-corrected chi connectivity index (χ3v) is 4.81. The predicted molar refractivity (Wildman–Crippen MR) is 113 cm³/mol. The summed E-state index contributed by atoms with van der Waals surface area (Å²) >= 11 is 0. The first-order chi connectivity index (χ1) is 13.8. The van der Waals surface area contributed by atoms with Crippen LogP contribution in [0.25, 0.3) is 10.8 Å². The van der Waals surface area contributed by atoms with E-state index in [1.807, 2.05) is 44.2 Å². The van der Waals surface area contributed by atoms with E-state index in [0.717, 1.165) is 26.9 Å². The van der Waals surface area contributed by atoms with E-state index in [1.54, 1.807) is 19.1 Å². The van der Waals surface area contributed by atoms with Crippen molar-refractivity contribution in [1.82, 2.24) is 14.7 Å². The van der Waals surface area contributed by atoms with Crippen LogP contribution in [0, 0.1) is 20.8 Å². The van der Waals surface area contributed by atoms with Crippen molar-refractivity contribution < 1.29 is 9.59 Å². The van der Waals surface area contributed by atoms with Gasteiger partial charge >= 0.3 is 0 Å². The Labute approximate surface area is 169 Å². The molecule has 1 N–H and O–H groups in total. The molecule has 0 radical (unpaired) electrons. The van der Waals surface area contributed by atoms with E-state index in [2.05, 4.69) is 10.4 Å². The molecule has 0 fully saturated rings. The zero-order chi connectivity index (χ0) is 21.1. The quantitative estimate of drug-likeness (QED) is 0.723. The molecule has 0 aliphatic heterocycles. The zero-order valence-electron chi connectivity index (χ0n) is 17.0. The van der Waals surface area contributed by atoms with Gasteiger partial charge in [-0.1, -0.05) is 30.3 Å². The van der Waals surface area contributed by atoms with Gasteiger partial charge in [-0.2, -0.15) is 5.10 Å². The van der Waals surface area contributed by atoms with Gasteiger partial charge in [0.25, 0.3) is 5.56 Å². The SMILES string of the molecule is Cc1ccc(C)c(NC(=O)CN(C)C(=O)Cn2nc(C)c3ccccc3c2=O)c1. The summed E-state index contributed by atoms with van der Waals surface area (Å²) in [6.07, 6.45) is 0. The molecule has 3 rings (SSSR count). The zero-order valence-corrected chi connectivity index (χ0v) is 17.0. The number of nitrogens with one attached hydrogen (secondary N) is 1. The van der Waals surface area contributed by atoms with Crippen LogP contribution in [-0.2, 0) is 16.1 Å². The number of carbonyl (C=O) groups excluding carboxylic acids is 2. The fourth-order valence-electron chi connectivity index (χ4n) is 3.12. The fraction of sp³-hybridized carbons (Fsp3) is 0.273. The summed E-state index contributed by atoms with van der Waals surface area (Å²) in [6.45, 7) is 5.31. The van der Waals surface area contributed by atoms with Crippen LogP contribution in [0.3, 0.4) is 0 Å². The lowest BCUT2D eigenvalue weighted by Gasteiger charge is -2.18. The average molecular weight is 392 g/mol. The number of carbonyl (C=O) groups is 2. The maximum Gasteiger partial charge on any atom is 0.275 e. The molecule has 7 heteroatoms. The monoisotopic (exact) mass is 392 g/mol. The van der Waals surface area contributed by atoms with Crippen molar-refractivity contribution in [3.8, 4) is 0 Å². The topological polar surface area (TPSA) is 84.3 Å². The highest BCUT2D eigenvalue weighted by Crippen LogP contribution is 2.16. The lowest BCUT2D eigenvalue weighted by molar-refractivity contribution is -0.134. The van der Waals surface area contributed by atoms with Crippen molar-refractivity contribution >= 4 is 28.3 Å². The molecule has 0 bridgehead atoms. The lowest BCUT2D eigenvalue weighted by Crippen LogP contribution is -2.39. The van der Waals surface area contributed by atoms with Gasteiger partial charge in [0.05, 0.1) is 17.6 Å². The molecule has 7 nitrogen and oxygen atoms in total. The smallest absolute Gasteiger partial charge is 0.275 e. The number of aryl methyl sites for hydroxylation is 3. The fourth-order valence-corrected chi connectivity index (χ4v) is 3.12. The molecule has 0 saturated heterocycles. The van der Waals surface area contributed by atoms with Crippen LogP contribution in [0.4, 0.5) is 5.69 Å². The van der Waals surface area contributed by atoms with Crippen molar-refractivity contribution in [3.05, 3.63) is 69.6 Å².